The number of hydrogen-bond acceptors (Lipinski definition) is 3. The molecule has 20 heavy (non-hydrogen) atoms. The molecule has 0 atom stereocenters. The number of halogens is 1. The monoisotopic (exact) mass is 283 g/mol. The highest BCUT2D eigenvalue weighted by Crippen LogP contribution is 2.18. The third-order valence-electron chi connectivity index (χ3n) is 2.78. The second-order valence-electron chi connectivity index (χ2n) is 4.21. The van der Waals surface area contributed by atoms with Gasteiger partial charge >= 0.3 is 0 Å². The molecule has 1 N–H and O–H groups in total. The topological polar surface area (TPSA) is 58.6 Å². The lowest BCUT2D eigenvalue weighted by Gasteiger charge is -2.04. The third kappa shape index (κ3) is 2.60. The highest BCUT2D eigenvalue weighted by molar-refractivity contribution is 6.30. The first-order chi connectivity index (χ1) is 9.72. The first kappa shape index (κ1) is 12.6. The molecule has 0 aliphatic heterocycles. The summed E-state index contributed by atoms with van der Waals surface area (Å²) in [6.07, 6.45) is 1.52. The molecule has 0 radical (unpaired) electrons. The highest BCUT2D eigenvalue weighted by Gasteiger charge is 2.06. The van der Waals surface area contributed by atoms with E-state index in [2.05, 4.69) is 15.0 Å². The minimum atomic E-state index is -0.217. The number of aromatic nitrogens is 3. The van der Waals surface area contributed by atoms with Crippen LogP contribution in [0.3, 0.4) is 0 Å². The van der Waals surface area contributed by atoms with Gasteiger partial charge in [0.2, 0.25) is 0 Å². The van der Waals surface area contributed by atoms with Gasteiger partial charge in [0.15, 0.2) is 5.82 Å². The van der Waals surface area contributed by atoms with Crippen LogP contribution in [0.25, 0.3) is 22.8 Å². The number of benzene rings is 1. The molecule has 3 rings (SSSR count). The molecule has 3 aromatic rings. The number of nitrogens with one attached hydrogen (secondary N) is 1. The van der Waals surface area contributed by atoms with E-state index < -0.39 is 0 Å². The lowest BCUT2D eigenvalue weighted by molar-refractivity contribution is 1.11. The maximum Gasteiger partial charge on any atom is 0.251 e. The summed E-state index contributed by atoms with van der Waals surface area (Å²) in [5, 5.41) is 0.537. The largest absolute Gasteiger partial charge is 0.305 e. The van der Waals surface area contributed by atoms with Gasteiger partial charge in [-0.2, -0.15) is 0 Å². The molecular formula is C15H10ClN3O. The van der Waals surface area contributed by atoms with E-state index in [0.29, 0.717) is 22.2 Å². The first-order valence-electron chi connectivity index (χ1n) is 6.01. The Morgan fingerprint density at radius 3 is 2.50 bits per heavy atom. The smallest absolute Gasteiger partial charge is 0.251 e. The van der Waals surface area contributed by atoms with Gasteiger partial charge in [0.05, 0.1) is 10.7 Å². The van der Waals surface area contributed by atoms with Gasteiger partial charge in [-0.3, -0.25) is 9.78 Å². The molecule has 0 aliphatic carbocycles. The van der Waals surface area contributed by atoms with E-state index >= 15 is 0 Å². The second-order valence-corrected chi connectivity index (χ2v) is 4.64. The average Bonchev–Trinajstić information content (AvgIpc) is 2.48. The van der Waals surface area contributed by atoms with Crippen molar-refractivity contribution in [2.75, 3.05) is 0 Å². The van der Waals surface area contributed by atoms with Gasteiger partial charge in [-0.05, 0) is 12.1 Å². The summed E-state index contributed by atoms with van der Waals surface area (Å²) >= 11 is 5.80. The molecule has 2 heterocycles. The maximum atomic E-state index is 11.8. The van der Waals surface area contributed by atoms with Crippen molar-refractivity contribution in [2.24, 2.45) is 0 Å². The van der Waals surface area contributed by atoms with Gasteiger partial charge in [0, 0.05) is 17.8 Å². The van der Waals surface area contributed by atoms with Crippen molar-refractivity contribution in [1.82, 2.24) is 15.0 Å². The number of nitrogens with zero attached hydrogens (tertiary/aromatic N) is 2. The van der Waals surface area contributed by atoms with Crippen molar-refractivity contribution in [3.63, 3.8) is 0 Å². The molecule has 1 aromatic carbocycles. The van der Waals surface area contributed by atoms with Crippen molar-refractivity contribution >= 4 is 11.6 Å². The van der Waals surface area contributed by atoms with Crippen LogP contribution in [0.4, 0.5) is 0 Å². The van der Waals surface area contributed by atoms with Crippen molar-refractivity contribution in [3.8, 4) is 22.8 Å². The lowest BCUT2D eigenvalue weighted by Crippen LogP contribution is -2.09. The molecule has 0 spiro atoms. The summed E-state index contributed by atoms with van der Waals surface area (Å²) in [6.45, 7) is 0. The molecule has 0 unspecified atom stereocenters. The highest BCUT2D eigenvalue weighted by atomic mass is 35.5. The Morgan fingerprint density at radius 1 is 1.00 bits per heavy atom. The van der Waals surface area contributed by atoms with E-state index in [4.69, 9.17) is 11.6 Å². The zero-order valence-electron chi connectivity index (χ0n) is 10.4. The molecule has 98 valence electrons. The molecule has 0 saturated carbocycles. The van der Waals surface area contributed by atoms with Crippen molar-refractivity contribution in [3.05, 3.63) is 70.1 Å². The normalized spacial score (nSPS) is 10.4. The molecular weight excluding hydrogens is 274 g/mol. The summed E-state index contributed by atoms with van der Waals surface area (Å²) in [5.74, 6) is 0.424. The zero-order chi connectivity index (χ0) is 13.9. The molecule has 4 nitrogen and oxygen atoms in total. The van der Waals surface area contributed by atoms with E-state index in [0.717, 1.165) is 5.56 Å². The van der Waals surface area contributed by atoms with Crippen molar-refractivity contribution < 1.29 is 0 Å². The van der Waals surface area contributed by atoms with Crippen LogP contribution in [0.15, 0.2) is 59.5 Å². The lowest BCUT2D eigenvalue weighted by atomic mass is 10.1. The van der Waals surface area contributed by atoms with E-state index in [1.807, 2.05) is 30.3 Å². The SMILES string of the molecule is O=c1cc(-c2ccccc2)nc(-c2ccc(Cl)cn2)[nH]1. The van der Waals surface area contributed by atoms with Crippen LogP contribution < -0.4 is 5.56 Å². The molecule has 0 bridgehead atoms. The Kier molecular flexibility index (Phi) is 3.31. The summed E-state index contributed by atoms with van der Waals surface area (Å²) in [5.41, 5.74) is 1.85. The van der Waals surface area contributed by atoms with E-state index in [1.165, 1.54) is 12.3 Å². The van der Waals surface area contributed by atoms with Crippen LogP contribution in [-0.2, 0) is 0 Å². The number of H-pyrrole nitrogens is 1. The summed E-state index contributed by atoms with van der Waals surface area (Å²) in [7, 11) is 0. The summed E-state index contributed by atoms with van der Waals surface area (Å²) in [6, 6.07) is 14.4. The average molecular weight is 284 g/mol. The van der Waals surface area contributed by atoms with Crippen LogP contribution in [-0.4, -0.2) is 15.0 Å². The molecule has 0 amide bonds. The van der Waals surface area contributed by atoms with Crippen molar-refractivity contribution in [1.29, 1.82) is 0 Å². The summed E-state index contributed by atoms with van der Waals surface area (Å²) < 4.78 is 0. The quantitative estimate of drug-likeness (QED) is 0.786. The van der Waals surface area contributed by atoms with E-state index in [1.54, 1.807) is 12.1 Å². The first-order valence-corrected chi connectivity index (χ1v) is 6.39. The minimum absolute atomic E-state index is 0.217. The van der Waals surface area contributed by atoms with Crippen molar-refractivity contribution in [2.45, 2.75) is 0 Å². The van der Waals surface area contributed by atoms with Crippen LogP contribution in [0.1, 0.15) is 0 Å². The standard InChI is InChI=1S/C15H10ClN3O/c16-11-6-7-12(17-9-11)15-18-13(8-14(20)19-15)10-4-2-1-3-5-10/h1-9H,(H,18,19,20). The number of pyridine rings is 1. The molecule has 0 aliphatic rings. The Hall–Kier alpha value is -2.46. The molecule has 2 aromatic heterocycles. The van der Waals surface area contributed by atoms with Crippen LogP contribution in [0, 0.1) is 0 Å². The van der Waals surface area contributed by atoms with Gasteiger partial charge in [0.25, 0.3) is 5.56 Å². The third-order valence-corrected chi connectivity index (χ3v) is 3.00. The minimum Gasteiger partial charge on any atom is -0.305 e. The van der Waals surface area contributed by atoms with Crippen LogP contribution in [0.5, 0.6) is 0 Å². The van der Waals surface area contributed by atoms with E-state index in [-0.39, 0.29) is 5.56 Å². The van der Waals surface area contributed by atoms with Gasteiger partial charge in [-0.1, -0.05) is 41.9 Å². The van der Waals surface area contributed by atoms with Gasteiger partial charge in [-0.15, -0.1) is 0 Å². The second kappa shape index (κ2) is 5.27. The van der Waals surface area contributed by atoms with Crippen LogP contribution in [0.2, 0.25) is 5.02 Å². The fraction of sp³-hybridized carbons (Fsp3) is 0. The predicted octanol–water partition coefficient (Wildman–Crippen LogP) is 3.15. The predicted molar refractivity (Wildman–Crippen MR) is 78.5 cm³/mol. The van der Waals surface area contributed by atoms with E-state index in [9.17, 15) is 4.79 Å². The van der Waals surface area contributed by atoms with Gasteiger partial charge in [-0.25, -0.2) is 4.98 Å². The fourth-order valence-corrected chi connectivity index (χ4v) is 1.96. The number of aromatic amines is 1. The number of rotatable bonds is 2. The molecule has 5 heteroatoms. The Labute approximate surface area is 120 Å². The van der Waals surface area contributed by atoms with Crippen LogP contribution >= 0.6 is 11.6 Å². The molecule has 0 saturated heterocycles. The zero-order valence-corrected chi connectivity index (χ0v) is 11.1. The van der Waals surface area contributed by atoms with Gasteiger partial charge < -0.3 is 4.98 Å². The molecule has 0 fully saturated rings. The Bertz CT molecular complexity index is 782. The fourth-order valence-electron chi connectivity index (χ4n) is 1.85. The maximum absolute atomic E-state index is 11.8. The summed E-state index contributed by atoms with van der Waals surface area (Å²) in [4.78, 5) is 23.1. The Morgan fingerprint density at radius 2 is 1.80 bits per heavy atom. The van der Waals surface area contributed by atoms with Gasteiger partial charge in [0.1, 0.15) is 5.69 Å². The number of hydrogen-bond donors (Lipinski definition) is 1. The Balaban J connectivity index is 2.12.